The van der Waals surface area contributed by atoms with Crippen molar-refractivity contribution in [2.45, 2.75) is 6.54 Å². The lowest BCUT2D eigenvalue weighted by Gasteiger charge is -2.16. The molecule has 1 N–H and O–H groups in total. The standard InChI is InChI=1S/C13H11ClN6O2S/c14-10-7-15-20(8-10)11-3-1-9(2-4-11)12-13-17-23(21,22)6-5-19(13)18-16-12/h1-4,7-8,17H,5-6H2. The van der Waals surface area contributed by atoms with Crippen LogP contribution in [0.25, 0.3) is 16.9 Å². The number of hydrogen-bond donors (Lipinski definition) is 1. The van der Waals surface area contributed by atoms with Crippen LogP contribution >= 0.6 is 11.6 Å². The number of anilines is 1. The molecule has 0 unspecified atom stereocenters. The van der Waals surface area contributed by atoms with Gasteiger partial charge in [0.2, 0.25) is 10.0 Å². The van der Waals surface area contributed by atoms with E-state index in [1.165, 1.54) is 0 Å². The number of benzene rings is 1. The maximum Gasteiger partial charge on any atom is 0.235 e. The van der Waals surface area contributed by atoms with E-state index in [0.29, 0.717) is 23.1 Å². The molecule has 0 aliphatic carbocycles. The van der Waals surface area contributed by atoms with E-state index in [1.54, 1.807) is 21.8 Å². The average Bonchev–Trinajstić information content (AvgIpc) is 3.12. The van der Waals surface area contributed by atoms with E-state index < -0.39 is 10.0 Å². The minimum Gasteiger partial charge on any atom is -0.266 e. The molecular weight excluding hydrogens is 340 g/mol. The molecule has 1 aliphatic rings. The van der Waals surface area contributed by atoms with Crippen LogP contribution in [0.5, 0.6) is 0 Å². The highest BCUT2D eigenvalue weighted by Crippen LogP contribution is 2.29. The minimum atomic E-state index is -3.32. The third-order valence-electron chi connectivity index (χ3n) is 3.52. The van der Waals surface area contributed by atoms with Gasteiger partial charge in [0.05, 0.1) is 29.2 Å². The molecule has 0 saturated carbocycles. The van der Waals surface area contributed by atoms with E-state index in [2.05, 4.69) is 20.1 Å². The molecule has 1 aliphatic heterocycles. The zero-order valence-electron chi connectivity index (χ0n) is 11.7. The topological polar surface area (TPSA) is 94.7 Å². The summed E-state index contributed by atoms with van der Waals surface area (Å²) in [5.41, 5.74) is 2.10. The molecule has 118 valence electrons. The number of rotatable bonds is 2. The number of sulfonamides is 1. The zero-order valence-corrected chi connectivity index (χ0v) is 13.3. The lowest BCUT2D eigenvalue weighted by Crippen LogP contribution is -2.28. The summed E-state index contributed by atoms with van der Waals surface area (Å²) in [5, 5.41) is 12.8. The van der Waals surface area contributed by atoms with E-state index in [-0.39, 0.29) is 5.75 Å². The van der Waals surface area contributed by atoms with Gasteiger partial charge < -0.3 is 0 Å². The Morgan fingerprint density at radius 2 is 2.00 bits per heavy atom. The Morgan fingerprint density at radius 3 is 2.70 bits per heavy atom. The summed E-state index contributed by atoms with van der Waals surface area (Å²) in [7, 11) is -3.32. The normalized spacial score (nSPS) is 15.9. The molecule has 10 heteroatoms. The summed E-state index contributed by atoms with van der Waals surface area (Å²) in [5.74, 6) is 0.396. The molecule has 0 radical (unpaired) electrons. The summed E-state index contributed by atoms with van der Waals surface area (Å²) in [4.78, 5) is 0. The van der Waals surface area contributed by atoms with Crippen LogP contribution in [0.1, 0.15) is 0 Å². The van der Waals surface area contributed by atoms with Gasteiger partial charge in [-0.25, -0.2) is 17.8 Å². The highest BCUT2D eigenvalue weighted by atomic mass is 35.5. The third-order valence-corrected chi connectivity index (χ3v) is 4.94. The van der Waals surface area contributed by atoms with Crippen molar-refractivity contribution in [3.05, 3.63) is 41.7 Å². The van der Waals surface area contributed by atoms with Gasteiger partial charge in [-0.1, -0.05) is 28.9 Å². The number of aromatic nitrogens is 5. The minimum absolute atomic E-state index is 0.00178. The average molecular weight is 351 g/mol. The van der Waals surface area contributed by atoms with Gasteiger partial charge in [-0.15, -0.1) is 5.10 Å². The highest BCUT2D eigenvalue weighted by molar-refractivity contribution is 7.92. The number of halogens is 1. The highest BCUT2D eigenvalue weighted by Gasteiger charge is 2.25. The van der Waals surface area contributed by atoms with Gasteiger partial charge >= 0.3 is 0 Å². The maximum absolute atomic E-state index is 11.7. The first-order valence-corrected chi connectivity index (χ1v) is 8.80. The number of nitrogens with one attached hydrogen (secondary N) is 1. The first kappa shape index (κ1) is 14.2. The molecule has 0 bridgehead atoms. The largest absolute Gasteiger partial charge is 0.266 e. The van der Waals surface area contributed by atoms with Crippen LogP contribution in [0.15, 0.2) is 36.7 Å². The molecule has 2 aromatic heterocycles. The van der Waals surface area contributed by atoms with Crippen LogP contribution in [0.4, 0.5) is 5.82 Å². The van der Waals surface area contributed by atoms with Crippen molar-refractivity contribution in [3.8, 4) is 16.9 Å². The van der Waals surface area contributed by atoms with Gasteiger partial charge in [0, 0.05) is 11.8 Å². The van der Waals surface area contributed by atoms with Crippen molar-refractivity contribution in [1.82, 2.24) is 24.8 Å². The van der Waals surface area contributed by atoms with Crippen molar-refractivity contribution in [3.63, 3.8) is 0 Å². The van der Waals surface area contributed by atoms with Crippen LogP contribution in [0, 0.1) is 0 Å². The van der Waals surface area contributed by atoms with Gasteiger partial charge in [-0.3, -0.25) is 4.72 Å². The van der Waals surface area contributed by atoms with E-state index in [4.69, 9.17) is 11.6 Å². The Morgan fingerprint density at radius 1 is 1.22 bits per heavy atom. The Bertz CT molecular complexity index is 976. The summed E-state index contributed by atoms with van der Waals surface area (Å²) < 4.78 is 29.2. The molecule has 4 rings (SSSR count). The van der Waals surface area contributed by atoms with Crippen molar-refractivity contribution >= 4 is 27.4 Å². The van der Waals surface area contributed by atoms with Crippen molar-refractivity contribution in [2.75, 3.05) is 10.5 Å². The van der Waals surface area contributed by atoms with Crippen molar-refractivity contribution < 1.29 is 8.42 Å². The van der Waals surface area contributed by atoms with Crippen LogP contribution in [0.2, 0.25) is 5.02 Å². The second-order valence-corrected chi connectivity index (χ2v) is 7.36. The van der Waals surface area contributed by atoms with Crippen LogP contribution in [-0.4, -0.2) is 38.9 Å². The Balaban J connectivity index is 1.71. The van der Waals surface area contributed by atoms with Crippen molar-refractivity contribution in [1.29, 1.82) is 0 Å². The summed E-state index contributed by atoms with van der Waals surface area (Å²) >= 11 is 5.86. The van der Waals surface area contributed by atoms with Crippen LogP contribution in [-0.2, 0) is 16.6 Å². The summed E-state index contributed by atoms with van der Waals surface area (Å²) in [6.45, 7) is 0.293. The van der Waals surface area contributed by atoms with Crippen LogP contribution in [0.3, 0.4) is 0 Å². The predicted octanol–water partition coefficient (Wildman–Crippen LogP) is 1.54. The van der Waals surface area contributed by atoms with E-state index in [9.17, 15) is 8.42 Å². The fraction of sp³-hybridized carbons (Fsp3) is 0.154. The molecule has 0 amide bonds. The summed E-state index contributed by atoms with van der Waals surface area (Å²) in [6.07, 6.45) is 3.25. The first-order chi connectivity index (χ1) is 11.0. The smallest absolute Gasteiger partial charge is 0.235 e. The van der Waals surface area contributed by atoms with Gasteiger partial charge in [-0.2, -0.15) is 5.10 Å². The molecule has 3 aromatic rings. The third kappa shape index (κ3) is 2.57. The fourth-order valence-corrected chi connectivity index (χ4v) is 3.53. The molecule has 1 aromatic carbocycles. The Hall–Kier alpha value is -2.39. The lowest BCUT2D eigenvalue weighted by atomic mass is 10.1. The lowest BCUT2D eigenvalue weighted by molar-refractivity contribution is 0.570. The molecule has 0 atom stereocenters. The SMILES string of the molecule is O=S1(=O)CCn2nnc(-c3ccc(-n4cc(Cl)cn4)cc3)c2N1. The number of aryl methyl sites for hydroxylation is 1. The van der Waals surface area contributed by atoms with E-state index >= 15 is 0 Å². The van der Waals surface area contributed by atoms with Gasteiger partial charge in [0.1, 0.15) is 5.69 Å². The predicted molar refractivity (Wildman–Crippen MR) is 85.0 cm³/mol. The number of nitrogens with zero attached hydrogens (tertiary/aromatic N) is 5. The molecule has 0 fully saturated rings. The zero-order chi connectivity index (χ0) is 16.0. The molecule has 23 heavy (non-hydrogen) atoms. The second-order valence-electron chi connectivity index (χ2n) is 5.08. The van der Waals surface area contributed by atoms with E-state index in [0.717, 1.165) is 11.3 Å². The molecular formula is C13H11ClN6O2S. The van der Waals surface area contributed by atoms with Gasteiger partial charge in [-0.05, 0) is 12.1 Å². The fourth-order valence-electron chi connectivity index (χ4n) is 2.38. The van der Waals surface area contributed by atoms with Crippen molar-refractivity contribution in [2.24, 2.45) is 0 Å². The molecule has 3 heterocycles. The van der Waals surface area contributed by atoms with Gasteiger partial charge in [0.15, 0.2) is 5.82 Å². The number of fused-ring (bicyclic) bond motifs is 1. The van der Waals surface area contributed by atoms with E-state index in [1.807, 2.05) is 24.3 Å². The monoisotopic (exact) mass is 350 g/mol. The molecule has 0 spiro atoms. The van der Waals surface area contributed by atoms with Crippen LogP contribution < -0.4 is 4.72 Å². The number of hydrogen-bond acceptors (Lipinski definition) is 5. The molecule has 0 saturated heterocycles. The van der Waals surface area contributed by atoms with Gasteiger partial charge in [0.25, 0.3) is 0 Å². The second kappa shape index (κ2) is 5.07. The maximum atomic E-state index is 11.7. The quantitative estimate of drug-likeness (QED) is 0.756. The Labute approximate surface area is 136 Å². The summed E-state index contributed by atoms with van der Waals surface area (Å²) in [6, 6.07) is 7.36. The first-order valence-electron chi connectivity index (χ1n) is 6.77. The Kier molecular flexibility index (Phi) is 3.13. The molecule has 8 nitrogen and oxygen atoms in total.